The summed E-state index contributed by atoms with van der Waals surface area (Å²) in [4.78, 5) is -0.315. The van der Waals surface area contributed by atoms with Crippen LogP contribution in [-0.4, -0.2) is 16.8 Å². The Bertz CT molecular complexity index is 929. The third-order valence-corrected chi connectivity index (χ3v) is 6.45. The van der Waals surface area contributed by atoms with Crippen LogP contribution in [0.15, 0.2) is 47.4 Å². The minimum Gasteiger partial charge on any atom is -0.211 e. The van der Waals surface area contributed by atoms with E-state index in [0.717, 1.165) is 24.3 Å². The van der Waals surface area contributed by atoms with Crippen LogP contribution in [-0.2, 0) is 25.8 Å². The molecule has 0 aromatic heterocycles. The maximum Gasteiger partial charge on any atom is 0.253 e. The number of hydrogen-bond acceptors (Lipinski definition) is 4. The molecule has 0 aliphatic heterocycles. The topological polar surface area (TPSA) is 80.3 Å². The van der Waals surface area contributed by atoms with Gasteiger partial charge in [-0.15, -0.1) is 4.13 Å². The van der Waals surface area contributed by atoms with E-state index in [1.165, 1.54) is 16.3 Å². The normalized spacial score (nSPS) is 12.3. The minimum atomic E-state index is -4.42. The first-order valence-electron chi connectivity index (χ1n) is 6.05. The quantitative estimate of drug-likeness (QED) is 0.862. The number of rotatable bonds is 5. The summed E-state index contributed by atoms with van der Waals surface area (Å²) in [6.07, 6.45) is 0. The van der Waals surface area contributed by atoms with Crippen molar-refractivity contribution in [3.8, 4) is 0 Å². The molecule has 0 bridgehead atoms. The Morgan fingerprint density at radius 3 is 2.13 bits per heavy atom. The van der Waals surface area contributed by atoms with E-state index < -0.39 is 37.4 Å². The number of nitrogens with one attached hydrogen (secondary N) is 1. The van der Waals surface area contributed by atoms with Crippen LogP contribution in [0.2, 0.25) is 5.02 Å². The van der Waals surface area contributed by atoms with Crippen molar-refractivity contribution in [1.29, 1.82) is 0 Å². The zero-order valence-corrected chi connectivity index (χ0v) is 13.7. The molecule has 0 saturated carbocycles. The van der Waals surface area contributed by atoms with Gasteiger partial charge in [-0.25, -0.2) is 25.6 Å². The molecule has 1 N–H and O–H groups in total. The van der Waals surface area contributed by atoms with E-state index >= 15 is 0 Å². The van der Waals surface area contributed by atoms with Gasteiger partial charge in [-0.05, 0) is 30.3 Å². The molecule has 0 atom stereocenters. The highest BCUT2D eigenvalue weighted by Crippen LogP contribution is 2.17. The zero-order chi connectivity index (χ0) is 17.3. The summed E-state index contributed by atoms with van der Waals surface area (Å²) in [7, 11) is -8.79. The Hall–Kier alpha value is -1.55. The van der Waals surface area contributed by atoms with Gasteiger partial charge in [0.05, 0.1) is 10.6 Å². The molecule has 2 aromatic carbocycles. The van der Waals surface area contributed by atoms with Crippen molar-refractivity contribution < 1.29 is 25.6 Å². The van der Waals surface area contributed by atoms with Crippen LogP contribution in [0.1, 0.15) is 5.56 Å². The Labute approximate surface area is 137 Å². The molecule has 23 heavy (non-hydrogen) atoms. The fourth-order valence-corrected chi connectivity index (χ4v) is 4.92. The lowest BCUT2D eigenvalue weighted by Crippen LogP contribution is -2.31. The van der Waals surface area contributed by atoms with Crippen LogP contribution < -0.4 is 4.13 Å². The van der Waals surface area contributed by atoms with E-state index in [0.29, 0.717) is 6.07 Å². The molecule has 124 valence electrons. The average molecular weight is 382 g/mol. The Morgan fingerprint density at radius 2 is 1.57 bits per heavy atom. The summed E-state index contributed by atoms with van der Waals surface area (Å²) in [5.74, 6) is -2.91. The Balaban J connectivity index is 2.25. The van der Waals surface area contributed by atoms with E-state index in [4.69, 9.17) is 11.6 Å². The van der Waals surface area contributed by atoms with E-state index in [-0.39, 0.29) is 15.5 Å². The first-order chi connectivity index (χ1) is 10.6. The lowest BCUT2D eigenvalue weighted by molar-refractivity contribution is 0.564. The minimum absolute atomic E-state index is 0.278. The van der Waals surface area contributed by atoms with Gasteiger partial charge in [-0.3, -0.25) is 0 Å². The van der Waals surface area contributed by atoms with Gasteiger partial charge in [0.2, 0.25) is 10.0 Å². The van der Waals surface area contributed by atoms with E-state index in [1.54, 1.807) is 0 Å². The first kappa shape index (κ1) is 17.8. The second kappa shape index (κ2) is 6.52. The largest absolute Gasteiger partial charge is 0.253 e. The predicted molar refractivity (Wildman–Crippen MR) is 80.8 cm³/mol. The van der Waals surface area contributed by atoms with Crippen LogP contribution in [0.3, 0.4) is 0 Å². The van der Waals surface area contributed by atoms with Gasteiger partial charge in [-0.2, -0.15) is 0 Å². The van der Waals surface area contributed by atoms with Crippen LogP contribution in [0.5, 0.6) is 0 Å². The zero-order valence-electron chi connectivity index (χ0n) is 11.3. The van der Waals surface area contributed by atoms with Gasteiger partial charge in [0.1, 0.15) is 11.6 Å². The third kappa shape index (κ3) is 4.71. The van der Waals surface area contributed by atoms with Crippen molar-refractivity contribution in [2.75, 3.05) is 0 Å². The SMILES string of the molecule is O=S(=O)(Cc1ccc(F)cc1F)NS(=O)(=O)c1ccc(Cl)cc1. The number of halogens is 3. The maximum absolute atomic E-state index is 13.5. The molecule has 10 heteroatoms. The Kier molecular flexibility index (Phi) is 5.04. The van der Waals surface area contributed by atoms with Crippen LogP contribution in [0.4, 0.5) is 8.78 Å². The predicted octanol–water partition coefficient (Wildman–Crippen LogP) is 2.43. The average Bonchev–Trinajstić information content (AvgIpc) is 2.41. The van der Waals surface area contributed by atoms with Crippen molar-refractivity contribution in [3.05, 3.63) is 64.7 Å². The number of hydrogen-bond donors (Lipinski definition) is 1. The molecular weight excluding hydrogens is 372 g/mol. The second-order valence-electron chi connectivity index (χ2n) is 4.54. The smallest absolute Gasteiger partial charge is 0.211 e. The molecule has 0 aliphatic carbocycles. The molecule has 5 nitrogen and oxygen atoms in total. The van der Waals surface area contributed by atoms with Gasteiger partial charge < -0.3 is 0 Å². The van der Waals surface area contributed by atoms with Crippen molar-refractivity contribution in [2.45, 2.75) is 10.6 Å². The van der Waals surface area contributed by atoms with Gasteiger partial charge in [0.15, 0.2) is 0 Å². The second-order valence-corrected chi connectivity index (χ2v) is 8.64. The fourth-order valence-electron chi connectivity index (χ4n) is 1.70. The lowest BCUT2D eigenvalue weighted by Gasteiger charge is -2.09. The highest BCUT2D eigenvalue weighted by atomic mass is 35.5. The molecule has 2 aromatic rings. The molecule has 0 saturated heterocycles. The molecule has 0 amide bonds. The summed E-state index contributed by atoms with van der Waals surface area (Å²) in [5.41, 5.74) is -0.356. The van der Waals surface area contributed by atoms with Gasteiger partial charge in [0, 0.05) is 16.7 Å². The van der Waals surface area contributed by atoms with Gasteiger partial charge in [-0.1, -0.05) is 17.7 Å². The monoisotopic (exact) mass is 381 g/mol. The fraction of sp³-hybridized carbons (Fsp3) is 0.0769. The van der Waals surface area contributed by atoms with E-state index in [1.807, 2.05) is 0 Å². The Morgan fingerprint density at radius 1 is 0.957 bits per heavy atom. The maximum atomic E-state index is 13.5. The van der Waals surface area contributed by atoms with Crippen molar-refractivity contribution in [2.24, 2.45) is 0 Å². The molecule has 0 spiro atoms. The van der Waals surface area contributed by atoms with E-state index in [2.05, 4.69) is 0 Å². The summed E-state index contributed by atoms with van der Waals surface area (Å²) in [6, 6.07) is 7.13. The third-order valence-electron chi connectivity index (χ3n) is 2.72. The molecule has 0 heterocycles. The lowest BCUT2D eigenvalue weighted by atomic mass is 10.2. The van der Waals surface area contributed by atoms with Crippen molar-refractivity contribution >= 4 is 31.6 Å². The van der Waals surface area contributed by atoms with Gasteiger partial charge in [0.25, 0.3) is 10.0 Å². The number of benzene rings is 2. The highest BCUT2D eigenvalue weighted by Gasteiger charge is 2.24. The molecule has 0 aliphatic rings. The standard InChI is InChI=1S/C13H10ClF2NO4S2/c14-10-2-5-12(6-3-10)23(20,21)17-22(18,19)8-9-1-4-11(15)7-13(9)16/h1-7,17H,8H2. The van der Waals surface area contributed by atoms with Crippen molar-refractivity contribution in [3.63, 3.8) is 0 Å². The van der Waals surface area contributed by atoms with Gasteiger partial charge >= 0.3 is 0 Å². The summed E-state index contributed by atoms with van der Waals surface area (Å²) in [5, 5.41) is 0.278. The summed E-state index contributed by atoms with van der Waals surface area (Å²) in [6.45, 7) is 0. The highest BCUT2D eigenvalue weighted by molar-refractivity contribution is 8.04. The van der Waals surface area contributed by atoms with Crippen LogP contribution in [0, 0.1) is 11.6 Å². The first-order valence-corrected chi connectivity index (χ1v) is 9.56. The summed E-state index contributed by atoms with van der Waals surface area (Å²) < 4.78 is 75.6. The van der Waals surface area contributed by atoms with Crippen molar-refractivity contribution in [1.82, 2.24) is 4.13 Å². The summed E-state index contributed by atoms with van der Waals surface area (Å²) >= 11 is 5.63. The molecule has 2 rings (SSSR count). The van der Waals surface area contributed by atoms with Crippen LogP contribution >= 0.6 is 11.6 Å². The van der Waals surface area contributed by atoms with Crippen LogP contribution in [0.25, 0.3) is 0 Å². The molecular formula is C13H10ClF2NO4S2. The number of sulfonamides is 2. The van der Waals surface area contributed by atoms with E-state index in [9.17, 15) is 25.6 Å². The molecule has 0 radical (unpaired) electrons. The molecule has 0 unspecified atom stereocenters. The molecule has 0 fully saturated rings.